The highest BCUT2D eigenvalue weighted by Gasteiger charge is 2.18. The van der Waals surface area contributed by atoms with Gasteiger partial charge in [-0.3, -0.25) is 9.59 Å². The van der Waals surface area contributed by atoms with Gasteiger partial charge in [0.15, 0.2) is 13.1 Å². The lowest BCUT2D eigenvalue weighted by molar-refractivity contribution is -0.862. The van der Waals surface area contributed by atoms with E-state index in [2.05, 4.69) is 5.32 Å². The minimum Gasteiger partial charge on any atom is -0.497 e. The quantitative estimate of drug-likeness (QED) is 0.625. The van der Waals surface area contributed by atoms with Gasteiger partial charge in [0, 0.05) is 18.5 Å². The minimum atomic E-state index is -0.109. The number of carbonyl (C=O) groups is 2. The average molecular weight is 403 g/mol. The van der Waals surface area contributed by atoms with Crippen molar-refractivity contribution < 1.29 is 19.2 Å². The van der Waals surface area contributed by atoms with E-state index in [0.29, 0.717) is 6.54 Å². The van der Waals surface area contributed by atoms with Gasteiger partial charge < -0.3 is 19.9 Å². The van der Waals surface area contributed by atoms with Gasteiger partial charge in [0.25, 0.3) is 11.8 Å². The number of rotatable bonds is 9. The van der Waals surface area contributed by atoms with Gasteiger partial charge in [-0.05, 0) is 36.1 Å². The van der Waals surface area contributed by atoms with Crippen LogP contribution in [0.5, 0.6) is 5.75 Å². The number of methoxy groups -OCH3 is 1. The minimum absolute atomic E-state index is 0.0161. The Bertz CT molecular complexity index is 813. The highest BCUT2D eigenvalue weighted by atomic mass is 32.2. The van der Waals surface area contributed by atoms with E-state index < -0.39 is 0 Å². The highest BCUT2D eigenvalue weighted by Crippen LogP contribution is 2.24. The predicted octanol–water partition coefficient (Wildman–Crippen LogP) is 1.53. The van der Waals surface area contributed by atoms with E-state index in [1.807, 2.05) is 61.8 Å². The van der Waals surface area contributed by atoms with Crippen molar-refractivity contribution >= 4 is 29.3 Å². The number of likely N-dealkylation sites (N-methyl/N-ethyl adjacent to an activating group) is 2. The number of hydrogen-bond donors (Lipinski definition) is 2. The number of thioether (sulfide) groups is 1. The number of benzene rings is 2. The summed E-state index contributed by atoms with van der Waals surface area (Å²) in [6, 6.07) is 15.3. The molecule has 1 atom stereocenters. The molecule has 150 valence electrons. The second kappa shape index (κ2) is 10.7. The third-order valence-corrected chi connectivity index (χ3v) is 5.07. The number of hydrogen-bond acceptors (Lipinski definition) is 4. The molecule has 7 heteroatoms. The topological polar surface area (TPSA) is 63.1 Å². The van der Waals surface area contributed by atoms with Gasteiger partial charge in [-0.2, -0.15) is 0 Å². The largest absolute Gasteiger partial charge is 0.497 e. The van der Waals surface area contributed by atoms with E-state index >= 15 is 0 Å². The summed E-state index contributed by atoms with van der Waals surface area (Å²) in [5.74, 6) is 0.642. The number of carbonyl (C=O) groups excluding carboxylic acids is 2. The molecule has 2 amide bonds. The maximum Gasteiger partial charge on any atom is 0.279 e. The fourth-order valence-corrected chi connectivity index (χ4v) is 3.36. The van der Waals surface area contributed by atoms with Crippen molar-refractivity contribution in [3.63, 3.8) is 0 Å². The van der Waals surface area contributed by atoms with Crippen LogP contribution in [-0.2, 0) is 16.1 Å². The molecule has 0 saturated heterocycles. The van der Waals surface area contributed by atoms with Crippen molar-refractivity contribution in [2.45, 2.75) is 11.4 Å². The second-order valence-corrected chi connectivity index (χ2v) is 7.51. The molecular formula is C21H28N3O3S+. The molecule has 0 fully saturated rings. The third kappa shape index (κ3) is 6.58. The Labute approximate surface area is 170 Å². The number of anilines is 1. The third-order valence-electron chi connectivity index (χ3n) is 4.28. The van der Waals surface area contributed by atoms with Crippen molar-refractivity contribution in [3.05, 3.63) is 54.1 Å². The highest BCUT2D eigenvalue weighted by molar-refractivity contribution is 7.98. The van der Waals surface area contributed by atoms with Gasteiger partial charge in [0.2, 0.25) is 0 Å². The molecule has 0 aliphatic heterocycles. The normalized spacial score (nSPS) is 11.6. The van der Waals surface area contributed by atoms with Crippen molar-refractivity contribution in [1.82, 2.24) is 4.90 Å². The summed E-state index contributed by atoms with van der Waals surface area (Å²) < 4.78 is 5.22. The maximum absolute atomic E-state index is 12.5. The molecule has 2 aromatic rings. The average Bonchev–Trinajstić information content (AvgIpc) is 2.68. The first-order valence-corrected chi connectivity index (χ1v) is 10.3. The molecule has 2 rings (SSSR count). The van der Waals surface area contributed by atoms with Crippen LogP contribution >= 0.6 is 11.8 Å². The van der Waals surface area contributed by atoms with E-state index in [1.165, 1.54) is 0 Å². The summed E-state index contributed by atoms with van der Waals surface area (Å²) in [5.41, 5.74) is 1.80. The van der Waals surface area contributed by atoms with Crippen LogP contribution in [0.2, 0.25) is 0 Å². The molecule has 2 aromatic carbocycles. The monoisotopic (exact) mass is 402 g/mol. The number of ether oxygens (including phenoxy) is 1. The van der Waals surface area contributed by atoms with Gasteiger partial charge in [0.05, 0.1) is 19.8 Å². The summed E-state index contributed by atoms with van der Waals surface area (Å²) >= 11 is 1.58. The molecule has 0 aromatic heterocycles. The maximum atomic E-state index is 12.5. The molecule has 1 unspecified atom stereocenters. The fourth-order valence-electron chi connectivity index (χ4n) is 2.80. The van der Waals surface area contributed by atoms with Crippen LogP contribution in [0.15, 0.2) is 53.4 Å². The van der Waals surface area contributed by atoms with Crippen molar-refractivity contribution in [2.24, 2.45) is 0 Å². The molecule has 0 aliphatic carbocycles. The standard InChI is InChI=1S/C21H27N3O3S/c1-23(14-20(25)22-18-10-5-6-11-19(18)28-4)15-21(26)24(2)13-16-8-7-9-17(12-16)27-3/h5-12H,13-15H2,1-4H3,(H,22,25)/p+1. The molecule has 0 radical (unpaired) electrons. The molecule has 0 aliphatic rings. The molecule has 0 heterocycles. The van der Waals surface area contributed by atoms with E-state index in [4.69, 9.17) is 4.74 Å². The zero-order valence-electron chi connectivity index (χ0n) is 16.8. The van der Waals surface area contributed by atoms with E-state index in [0.717, 1.165) is 26.8 Å². The van der Waals surface area contributed by atoms with Crippen molar-refractivity contribution in [3.8, 4) is 5.75 Å². The Balaban J connectivity index is 1.84. The van der Waals surface area contributed by atoms with Crippen LogP contribution in [0.25, 0.3) is 0 Å². The zero-order valence-corrected chi connectivity index (χ0v) is 17.6. The lowest BCUT2D eigenvalue weighted by Crippen LogP contribution is -3.11. The SMILES string of the molecule is COc1cccc(CN(C)C(=O)C[NH+](C)CC(=O)Nc2ccccc2SC)c1. The lowest BCUT2D eigenvalue weighted by atomic mass is 10.2. The Hall–Kier alpha value is -2.51. The molecular weight excluding hydrogens is 374 g/mol. The van der Waals surface area contributed by atoms with Crippen LogP contribution in [0, 0.1) is 0 Å². The first-order chi connectivity index (χ1) is 13.4. The summed E-state index contributed by atoms with van der Waals surface area (Å²) in [6.07, 6.45) is 1.97. The number of nitrogens with one attached hydrogen (secondary N) is 2. The number of para-hydroxylation sites is 1. The summed E-state index contributed by atoms with van der Waals surface area (Å²) in [5, 5.41) is 2.93. The Morgan fingerprint density at radius 2 is 1.89 bits per heavy atom. The van der Waals surface area contributed by atoms with E-state index in [-0.39, 0.29) is 24.9 Å². The summed E-state index contributed by atoms with van der Waals surface area (Å²) in [7, 11) is 5.23. The Morgan fingerprint density at radius 3 is 2.61 bits per heavy atom. The van der Waals surface area contributed by atoms with Gasteiger partial charge in [-0.1, -0.05) is 24.3 Å². The molecule has 0 saturated carbocycles. The second-order valence-electron chi connectivity index (χ2n) is 6.66. The van der Waals surface area contributed by atoms with Crippen LogP contribution in [0.3, 0.4) is 0 Å². The smallest absolute Gasteiger partial charge is 0.279 e. The number of nitrogens with zero attached hydrogens (tertiary/aromatic N) is 1. The molecule has 6 nitrogen and oxygen atoms in total. The number of amides is 2. The van der Waals surface area contributed by atoms with E-state index in [1.54, 1.807) is 30.8 Å². The zero-order chi connectivity index (χ0) is 20.5. The first-order valence-electron chi connectivity index (χ1n) is 9.04. The molecule has 0 bridgehead atoms. The Morgan fingerprint density at radius 1 is 1.14 bits per heavy atom. The molecule has 0 spiro atoms. The van der Waals surface area contributed by atoms with Crippen LogP contribution < -0.4 is 15.0 Å². The van der Waals surface area contributed by atoms with Crippen LogP contribution in [0.4, 0.5) is 5.69 Å². The predicted molar refractivity (Wildman–Crippen MR) is 113 cm³/mol. The molecule has 28 heavy (non-hydrogen) atoms. The van der Waals surface area contributed by atoms with Gasteiger partial charge in [-0.25, -0.2) is 0 Å². The summed E-state index contributed by atoms with van der Waals surface area (Å²) in [6.45, 7) is 0.968. The number of quaternary nitrogens is 1. The van der Waals surface area contributed by atoms with Gasteiger partial charge >= 0.3 is 0 Å². The summed E-state index contributed by atoms with van der Waals surface area (Å²) in [4.78, 5) is 28.3. The van der Waals surface area contributed by atoms with Crippen LogP contribution in [-0.4, -0.2) is 57.3 Å². The van der Waals surface area contributed by atoms with Gasteiger partial charge in [0.1, 0.15) is 5.75 Å². The Kier molecular flexibility index (Phi) is 8.35. The lowest BCUT2D eigenvalue weighted by Gasteiger charge is -2.20. The van der Waals surface area contributed by atoms with Crippen LogP contribution in [0.1, 0.15) is 5.56 Å². The van der Waals surface area contributed by atoms with Crippen molar-refractivity contribution in [1.29, 1.82) is 0 Å². The van der Waals surface area contributed by atoms with E-state index in [9.17, 15) is 9.59 Å². The molecule has 2 N–H and O–H groups in total. The van der Waals surface area contributed by atoms with Gasteiger partial charge in [-0.15, -0.1) is 11.8 Å². The first kappa shape index (κ1) is 21.8. The van der Waals surface area contributed by atoms with Crippen molar-refractivity contribution in [2.75, 3.05) is 45.9 Å². The fraction of sp³-hybridized carbons (Fsp3) is 0.333.